The maximum Gasteiger partial charge on any atom is 0.410 e. The Morgan fingerprint density at radius 3 is 2.23 bits per heavy atom. The molecular weight excluding hydrogens is 416 g/mol. The molecule has 7 nitrogen and oxygen atoms in total. The van der Waals surface area contributed by atoms with Gasteiger partial charge in [-0.05, 0) is 70.4 Å². The van der Waals surface area contributed by atoms with Crippen LogP contribution in [-0.4, -0.2) is 72.7 Å². The van der Waals surface area contributed by atoms with Crippen LogP contribution in [0.5, 0.6) is 0 Å². The smallest absolute Gasteiger partial charge is 0.410 e. The van der Waals surface area contributed by atoms with Gasteiger partial charge in [0.05, 0.1) is 5.56 Å². The second kappa shape index (κ2) is 9.23. The lowest BCUT2D eigenvalue weighted by atomic mass is 9.69. The van der Waals surface area contributed by atoms with Crippen molar-refractivity contribution in [3.05, 3.63) is 22.8 Å². The van der Waals surface area contributed by atoms with Crippen molar-refractivity contribution < 1.29 is 14.3 Å². The third-order valence-corrected chi connectivity index (χ3v) is 6.67. The fraction of sp³-hybridized carbons (Fsp3) is 0.696. The van der Waals surface area contributed by atoms with Crippen LogP contribution in [-0.2, 0) is 4.74 Å². The normalized spacial score (nSPS) is 22.0. The Kier molecular flexibility index (Phi) is 7.04. The zero-order chi connectivity index (χ0) is 22.9. The molecule has 0 spiro atoms. The van der Waals surface area contributed by atoms with Crippen LogP contribution in [0.3, 0.4) is 0 Å². The van der Waals surface area contributed by atoms with Gasteiger partial charge in [0.2, 0.25) is 0 Å². The average molecular weight is 451 g/mol. The molecule has 0 aromatic carbocycles. The molecule has 8 heteroatoms. The van der Waals surface area contributed by atoms with Crippen molar-refractivity contribution in [2.75, 3.05) is 39.1 Å². The standard InChI is InChI=1S/C23H35ClN4O3/c1-23(2,3)31-22(30)27(6)17-13-16(14-17)15-9-11-28(12-10-15)19-8-7-18(20(24)25-19)21(29)26(4)5/h7-8,15-17H,9-14H2,1-6H3. The van der Waals surface area contributed by atoms with Crippen LogP contribution in [0.15, 0.2) is 12.1 Å². The predicted molar refractivity (Wildman–Crippen MR) is 123 cm³/mol. The molecule has 1 aliphatic heterocycles. The van der Waals surface area contributed by atoms with Gasteiger partial charge in [0.25, 0.3) is 5.91 Å². The van der Waals surface area contributed by atoms with Crippen molar-refractivity contribution in [2.24, 2.45) is 11.8 Å². The van der Waals surface area contributed by atoms with E-state index in [-0.39, 0.29) is 23.2 Å². The molecule has 1 saturated heterocycles. The predicted octanol–water partition coefficient (Wildman–Crippen LogP) is 4.30. The van der Waals surface area contributed by atoms with Crippen LogP contribution in [0.25, 0.3) is 0 Å². The fourth-order valence-electron chi connectivity index (χ4n) is 4.42. The second-order valence-corrected chi connectivity index (χ2v) is 10.4. The lowest BCUT2D eigenvalue weighted by molar-refractivity contribution is -0.00185. The van der Waals surface area contributed by atoms with Gasteiger partial charge < -0.3 is 19.4 Å². The lowest BCUT2D eigenvalue weighted by Gasteiger charge is -2.47. The van der Waals surface area contributed by atoms with Gasteiger partial charge in [-0.3, -0.25) is 4.79 Å². The highest BCUT2D eigenvalue weighted by Gasteiger charge is 2.40. The molecule has 0 unspecified atom stereocenters. The highest BCUT2D eigenvalue weighted by molar-refractivity contribution is 6.32. The number of aromatic nitrogens is 1. The Balaban J connectivity index is 1.48. The maximum atomic E-state index is 12.3. The van der Waals surface area contributed by atoms with Crippen LogP contribution in [0.2, 0.25) is 5.15 Å². The number of amides is 2. The molecule has 2 aliphatic rings. The van der Waals surface area contributed by atoms with Gasteiger partial charge in [-0.15, -0.1) is 0 Å². The van der Waals surface area contributed by atoms with E-state index in [1.54, 1.807) is 25.1 Å². The van der Waals surface area contributed by atoms with E-state index >= 15 is 0 Å². The van der Waals surface area contributed by atoms with Crippen LogP contribution in [0, 0.1) is 11.8 Å². The maximum absolute atomic E-state index is 12.3. The minimum Gasteiger partial charge on any atom is -0.444 e. The first-order chi connectivity index (χ1) is 14.5. The molecule has 172 valence electrons. The van der Waals surface area contributed by atoms with E-state index in [2.05, 4.69) is 9.88 Å². The molecule has 1 aromatic rings. The zero-order valence-electron chi connectivity index (χ0n) is 19.5. The van der Waals surface area contributed by atoms with Gasteiger partial charge in [-0.25, -0.2) is 9.78 Å². The first-order valence-corrected chi connectivity index (χ1v) is 11.4. The Labute approximate surface area is 190 Å². The SMILES string of the molecule is CN(C)C(=O)c1ccc(N2CCC(C3CC(N(C)C(=O)OC(C)(C)C)C3)CC2)nc1Cl. The minimum atomic E-state index is -0.462. The lowest BCUT2D eigenvalue weighted by Crippen LogP contribution is -2.50. The van der Waals surface area contributed by atoms with Crippen LogP contribution in [0.1, 0.15) is 56.8 Å². The third-order valence-electron chi connectivity index (χ3n) is 6.38. The number of pyridine rings is 1. The summed E-state index contributed by atoms with van der Waals surface area (Å²) in [6.07, 6.45) is 4.07. The van der Waals surface area contributed by atoms with Crippen molar-refractivity contribution >= 4 is 29.4 Å². The van der Waals surface area contributed by atoms with E-state index in [1.807, 2.05) is 33.9 Å². The number of hydrogen-bond donors (Lipinski definition) is 0. The summed E-state index contributed by atoms with van der Waals surface area (Å²) in [6, 6.07) is 3.93. The monoisotopic (exact) mass is 450 g/mol. The van der Waals surface area contributed by atoms with Crippen LogP contribution >= 0.6 is 11.6 Å². The van der Waals surface area contributed by atoms with Gasteiger partial charge in [0.15, 0.2) is 0 Å². The summed E-state index contributed by atoms with van der Waals surface area (Å²) in [5, 5.41) is 0.255. The third kappa shape index (κ3) is 5.62. The largest absolute Gasteiger partial charge is 0.444 e. The fourth-order valence-corrected chi connectivity index (χ4v) is 4.65. The molecule has 2 amide bonds. The summed E-state index contributed by atoms with van der Waals surface area (Å²) in [7, 11) is 5.25. The van der Waals surface area contributed by atoms with Crippen molar-refractivity contribution in [3.63, 3.8) is 0 Å². The summed E-state index contributed by atoms with van der Waals surface area (Å²) in [4.78, 5) is 34.4. The molecule has 3 rings (SSSR count). The molecule has 0 radical (unpaired) electrons. The number of halogens is 1. The van der Waals surface area contributed by atoms with Gasteiger partial charge in [0.1, 0.15) is 16.6 Å². The van der Waals surface area contributed by atoms with Crippen molar-refractivity contribution in [1.29, 1.82) is 0 Å². The molecule has 31 heavy (non-hydrogen) atoms. The number of rotatable bonds is 4. The number of carbonyl (C=O) groups excluding carboxylic acids is 2. The molecule has 2 heterocycles. The number of anilines is 1. The minimum absolute atomic E-state index is 0.140. The highest BCUT2D eigenvalue weighted by Crippen LogP contribution is 2.41. The highest BCUT2D eigenvalue weighted by atomic mass is 35.5. The summed E-state index contributed by atoms with van der Waals surface area (Å²) >= 11 is 6.28. The number of piperidine rings is 1. The van der Waals surface area contributed by atoms with E-state index < -0.39 is 5.60 Å². The molecule has 1 saturated carbocycles. The van der Waals surface area contributed by atoms with Gasteiger partial charge >= 0.3 is 6.09 Å². The summed E-state index contributed by atoms with van der Waals surface area (Å²) in [6.45, 7) is 7.54. The molecule has 0 atom stereocenters. The first-order valence-electron chi connectivity index (χ1n) is 11.0. The number of carbonyl (C=O) groups is 2. The Morgan fingerprint density at radius 1 is 1.10 bits per heavy atom. The summed E-state index contributed by atoms with van der Waals surface area (Å²) < 4.78 is 5.48. The summed E-state index contributed by atoms with van der Waals surface area (Å²) in [5.74, 6) is 2.02. The quantitative estimate of drug-likeness (QED) is 0.640. The topological polar surface area (TPSA) is 66.0 Å². The van der Waals surface area contributed by atoms with Gasteiger partial charge in [-0.1, -0.05) is 11.6 Å². The van der Waals surface area contributed by atoms with E-state index in [1.165, 1.54) is 4.90 Å². The van der Waals surface area contributed by atoms with Gasteiger partial charge in [-0.2, -0.15) is 0 Å². The van der Waals surface area contributed by atoms with Crippen molar-refractivity contribution in [3.8, 4) is 0 Å². The van der Waals surface area contributed by atoms with Crippen LogP contribution in [0.4, 0.5) is 10.6 Å². The Morgan fingerprint density at radius 2 is 1.71 bits per heavy atom. The van der Waals surface area contributed by atoms with E-state index in [0.29, 0.717) is 17.4 Å². The molecule has 2 fully saturated rings. The van der Waals surface area contributed by atoms with Crippen molar-refractivity contribution in [2.45, 2.75) is 58.1 Å². The number of ether oxygens (including phenoxy) is 1. The summed E-state index contributed by atoms with van der Waals surface area (Å²) in [5.41, 5.74) is -0.0316. The molecular formula is C23H35ClN4O3. The number of nitrogens with zero attached hydrogens (tertiary/aromatic N) is 4. The number of hydrogen-bond acceptors (Lipinski definition) is 5. The Bertz CT molecular complexity index is 810. The second-order valence-electron chi connectivity index (χ2n) is 10.0. The van der Waals surface area contributed by atoms with Crippen molar-refractivity contribution in [1.82, 2.24) is 14.8 Å². The molecule has 1 aliphatic carbocycles. The van der Waals surface area contributed by atoms with E-state index in [9.17, 15) is 9.59 Å². The van der Waals surface area contributed by atoms with Gasteiger partial charge in [0, 0.05) is 40.3 Å². The first kappa shape index (κ1) is 23.6. The molecule has 0 bridgehead atoms. The average Bonchev–Trinajstić information content (AvgIpc) is 2.65. The van der Waals surface area contributed by atoms with E-state index in [4.69, 9.17) is 16.3 Å². The molecule has 0 N–H and O–H groups in total. The van der Waals surface area contributed by atoms with E-state index in [0.717, 1.165) is 44.6 Å². The molecule has 1 aromatic heterocycles. The Hall–Kier alpha value is -2.02. The van der Waals surface area contributed by atoms with Crippen LogP contribution < -0.4 is 4.90 Å². The zero-order valence-corrected chi connectivity index (χ0v) is 20.3.